The molecule has 0 aliphatic carbocycles. The van der Waals surface area contributed by atoms with Crippen molar-refractivity contribution in [1.82, 2.24) is 15.1 Å². The van der Waals surface area contributed by atoms with E-state index in [4.69, 9.17) is 4.74 Å². The van der Waals surface area contributed by atoms with Crippen LogP contribution in [0.5, 0.6) is 5.75 Å². The number of methoxy groups -OCH3 is 1. The van der Waals surface area contributed by atoms with Crippen LogP contribution in [0.15, 0.2) is 48.5 Å². The largest absolute Gasteiger partial charge is 0.496 e. The molecule has 0 radical (unpaired) electrons. The number of rotatable bonds is 7. The predicted molar refractivity (Wildman–Crippen MR) is 115 cm³/mol. The highest BCUT2D eigenvalue weighted by molar-refractivity contribution is 5.94. The minimum atomic E-state index is -0.0667. The van der Waals surface area contributed by atoms with Crippen LogP contribution in [0.2, 0.25) is 0 Å². The average Bonchev–Trinajstić information content (AvgIpc) is 3.03. The van der Waals surface area contributed by atoms with Crippen molar-refractivity contribution >= 4 is 5.91 Å². The Morgan fingerprint density at radius 3 is 2.38 bits per heavy atom. The number of aromatic nitrogens is 2. The van der Waals surface area contributed by atoms with E-state index >= 15 is 0 Å². The molecule has 29 heavy (non-hydrogen) atoms. The van der Waals surface area contributed by atoms with Gasteiger partial charge in [0, 0.05) is 11.3 Å². The maximum atomic E-state index is 12.8. The number of nitrogens with zero attached hydrogens (tertiary/aromatic N) is 2. The molecule has 1 heterocycles. The first-order valence-corrected chi connectivity index (χ1v) is 9.96. The molecule has 1 atom stereocenters. The van der Waals surface area contributed by atoms with Crippen molar-refractivity contribution in [3.8, 4) is 5.75 Å². The van der Waals surface area contributed by atoms with Crippen molar-refractivity contribution in [3.05, 3.63) is 82.2 Å². The van der Waals surface area contributed by atoms with Gasteiger partial charge in [-0.15, -0.1) is 0 Å². The van der Waals surface area contributed by atoms with Gasteiger partial charge >= 0.3 is 0 Å². The number of hydrogen-bond donors (Lipinski definition) is 1. The summed E-state index contributed by atoms with van der Waals surface area (Å²) in [7, 11) is 1.67. The maximum Gasteiger partial charge on any atom is 0.251 e. The Balaban J connectivity index is 1.69. The third-order valence-electron chi connectivity index (χ3n) is 5.19. The zero-order valence-electron chi connectivity index (χ0n) is 17.8. The Morgan fingerprint density at radius 2 is 1.83 bits per heavy atom. The van der Waals surface area contributed by atoms with E-state index in [-0.39, 0.29) is 11.9 Å². The number of ether oxygens (including phenoxy) is 1. The van der Waals surface area contributed by atoms with Gasteiger partial charge in [0.1, 0.15) is 5.75 Å². The number of amides is 1. The second-order valence-electron chi connectivity index (χ2n) is 7.45. The van der Waals surface area contributed by atoms with E-state index in [1.165, 1.54) is 0 Å². The molecule has 0 aliphatic rings. The highest BCUT2D eigenvalue weighted by atomic mass is 16.5. The molecule has 1 amide bonds. The van der Waals surface area contributed by atoms with Crippen molar-refractivity contribution in [3.63, 3.8) is 0 Å². The smallest absolute Gasteiger partial charge is 0.251 e. The quantitative estimate of drug-likeness (QED) is 0.632. The van der Waals surface area contributed by atoms with Crippen LogP contribution in [-0.4, -0.2) is 22.8 Å². The Bertz CT molecular complexity index is 990. The molecule has 0 saturated heterocycles. The van der Waals surface area contributed by atoms with Gasteiger partial charge in [-0.2, -0.15) is 5.10 Å². The first-order chi connectivity index (χ1) is 13.9. The molecule has 0 fully saturated rings. The molecule has 2 aromatic carbocycles. The fourth-order valence-corrected chi connectivity index (χ4v) is 3.55. The van der Waals surface area contributed by atoms with E-state index in [1.807, 2.05) is 61.9 Å². The van der Waals surface area contributed by atoms with Crippen LogP contribution < -0.4 is 10.1 Å². The van der Waals surface area contributed by atoms with Crippen molar-refractivity contribution < 1.29 is 9.53 Å². The molecule has 0 unspecified atom stereocenters. The number of nitrogens with one attached hydrogen (secondary N) is 1. The highest BCUT2D eigenvalue weighted by Crippen LogP contribution is 2.24. The summed E-state index contributed by atoms with van der Waals surface area (Å²) in [4.78, 5) is 12.8. The summed E-state index contributed by atoms with van der Waals surface area (Å²) in [6.45, 7) is 8.82. The van der Waals surface area contributed by atoms with Crippen LogP contribution in [0.1, 0.15) is 57.8 Å². The van der Waals surface area contributed by atoms with Crippen molar-refractivity contribution in [2.45, 2.75) is 46.7 Å². The summed E-state index contributed by atoms with van der Waals surface area (Å²) < 4.78 is 7.31. The molecule has 0 saturated carbocycles. The fraction of sp³-hybridized carbons (Fsp3) is 0.333. The average molecular weight is 392 g/mol. The lowest BCUT2D eigenvalue weighted by Gasteiger charge is -2.19. The molecule has 3 aromatic rings. The lowest BCUT2D eigenvalue weighted by molar-refractivity contribution is 0.0935. The first-order valence-electron chi connectivity index (χ1n) is 9.96. The Hall–Kier alpha value is -3.08. The van der Waals surface area contributed by atoms with Gasteiger partial charge in [0.15, 0.2) is 0 Å². The van der Waals surface area contributed by atoms with Crippen LogP contribution >= 0.6 is 0 Å². The number of hydrogen-bond acceptors (Lipinski definition) is 3. The van der Waals surface area contributed by atoms with Gasteiger partial charge in [0.25, 0.3) is 5.91 Å². The number of aryl methyl sites for hydroxylation is 3. The summed E-state index contributed by atoms with van der Waals surface area (Å²) in [6.07, 6.45) is 0.813. The van der Waals surface area contributed by atoms with E-state index in [9.17, 15) is 4.79 Å². The second kappa shape index (κ2) is 8.95. The van der Waals surface area contributed by atoms with Crippen LogP contribution in [-0.2, 0) is 6.54 Å². The fourth-order valence-electron chi connectivity index (χ4n) is 3.55. The van der Waals surface area contributed by atoms with E-state index in [0.717, 1.165) is 40.2 Å². The Kier molecular flexibility index (Phi) is 6.37. The van der Waals surface area contributed by atoms with Gasteiger partial charge in [0.2, 0.25) is 0 Å². The molecular weight excluding hydrogens is 362 g/mol. The molecule has 5 heteroatoms. The Morgan fingerprint density at radius 1 is 1.10 bits per heavy atom. The maximum absolute atomic E-state index is 12.8. The SMILES string of the molecule is CC[C@@H](NC(=O)c1ccc(Cn2nc(C)cc2C)cc1)c1ccc(OC)c(C)c1. The topological polar surface area (TPSA) is 56.2 Å². The monoisotopic (exact) mass is 391 g/mol. The van der Waals surface area contributed by atoms with Crippen molar-refractivity contribution in [2.75, 3.05) is 7.11 Å². The van der Waals surface area contributed by atoms with Gasteiger partial charge in [-0.05, 0) is 68.1 Å². The van der Waals surface area contributed by atoms with E-state index in [0.29, 0.717) is 12.1 Å². The standard InChI is InChI=1S/C24H29N3O2/c1-6-22(21-11-12-23(29-5)16(2)13-21)25-24(28)20-9-7-19(8-10-20)15-27-18(4)14-17(3)26-27/h7-14,22H,6,15H2,1-5H3,(H,25,28)/t22-/m1/s1. The number of carbonyl (C=O) groups excluding carboxylic acids is 1. The van der Waals surface area contributed by atoms with Crippen LogP contribution in [0, 0.1) is 20.8 Å². The van der Waals surface area contributed by atoms with Crippen molar-refractivity contribution in [1.29, 1.82) is 0 Å². The molecule has 0 bridgehead atoms. The van der Waals surface area contributed by atoms with E-state index < -0.39 is 0 Å². The molecule has 3 rings (SSSR count). The lowest BCUT2D eigenvalue weighted by Crippen LogP contribution is -2.28. The molecule has 0 aliphatic heterocycles. The predicted octanol–water partition coefficient (Wildman–Crippen LogP) is 4.75. The summed E-state index contributed by atoms with van der Waals surface area (Å²) in [5.74, 6) is 0.788. The first kappa shape index (κ1) is 20.6. The summed E-state index contributed by atoms with van der Waals surface area (Å²) >= 11 is 0. The zero-order chi connectivity index (χ0) is 21.0. The van der Waals surface area contributed by atoms with Crippen LogP contribution in [0.4, 0.5) is 0 Å². The lowest BCUT2D eigenvalue weighted by atomic mass is 10.0. The molecule has 1 aromatic heterocycles. The van der Waals surface area contributed by atoms with Gasteiger partial charge in [-0.25, -0.2) is 0 Å². The minimum Gasteiger partial charge on any atom is -0.496 e. The van der Waals surface area contributed by atoms with Gasteiger partial charge < -0.3 is 10.1 Å². The van der Waals surface area contributed by atoms with E-state index in [2.05, 4.69) is 29.5 Å². The number of benzene rings is 2. The highest BCUT2D eigenvalue weighted by Gasteiger charge is 2.15. The van der Waals surface area contributed by atoms with Crippen molar-refractivity contribution in [2.24, 2.45) is 0 Å². The van der Waals surface area contributed by atoms with E-state index in [1.54, 1.807) is 7.11 Å². The Labute approximate surface area is 172 Å². The normalized spacial score (nSPS) is 11.9. The molecule has 1 N–H and O–H groups in total. The summed E-state index contributed by atoms with van der Waals surface area (Å²) in [5, 5.41) is 7.64. The summed E-state index contributed by atoms with van der Waals surface area (Å²) in [5.41, 5.74) is 6.06. The van der Waals surface area contributed by atoms with Crippen LogP contribution in [0.25, 0.3) is 0 Å². The number of carbonyl (C=O) groups is 1. The molecule has 5 nitrogen and oxygen atoms in total. The third-order valence-corrected chi connectivity index (χ3v) is 5.19. The molecule has 152 valence electrons. The minimum absolute atomic E-state index is 0.0403. The second-order valence-corrected chi connectivity index (χ2v) is 7.45. The third kappa shape index (κ3) is 4.86. The zero-order valence-corrected chi connectivity index (χ0v) is 17.8. The van der Waals surface area contributed by atoms with Gasteiger partial charge in [-0.3, -0.25) is 9.48 Å². The van der Waals surface area contributed by atoms with Gasteiger partial charge in [-0.1, -0.05) is 31.2 Å². The van der Waals surface area contributed by atoms with Crippen LogP contribution in [0.3, 0.4) is 0 Å². The summed E-state index contributed by atoms with van der Waals surface area (Å²) in [6, 6.07) is 15.8. The molecule has 0 spiro atoms. The molecular formula is C24H29N3O2. The van der Waals surface area contributed by atoms with Gasteiger partial charge in [0.05, 0.1) is 25.4 Å².